The molecular weight excluding hydrogens is 222 g/mol. The lowest BCUT2D eigenvalue weighted by Crippen LogP contribution is -2.11. The third-order valence-corrected chi connectivity index (χ3v) is 3.34. The van der Waals surface area contributed by atoms with Gasteiger partial charge in [-0.15, -0.1) is 0 Å². The molecule has 0 aliphatic heterocycles. The molecule has 2 heteroatoms. The van der Waals surface area contributed by atoms with Gasteiger partial charge in [0, 0.05) is 28.6 Å². The van der Waals surface area contributed by atoms with Crippen molar-refractivity contribution in [3.05, 3.63) is 35.5 Å². The lowest BCUT2D eigenvalue weighted by atomic mass is 9.86. The summed E-state index contributed by atoms with van der Waals surface area (Å²) in [5.74, 6) is 0.231. The van der Waals surface area contributed by atoms with E-state index < -0.39 is 0 Å². The number of carbonyl (C=O) groups excluding carboxylic acids is 1. The molecule has 2 nitrogen and oxygen atoms in total. The molecule has 0 aliphatic carbocycles. The van der Waals surface area contributed by atoms with Crippen LogP contribution < -0.4 is 0 Å². The average molecular weight is 243 g/mol. The molecule has 0 unspecified atom stereocenters. The Hall–Kier alpha value is -1.57. The number of fused-ring (bicyclic) bond motifs is 1. The highest BCUT2D eigenvalue weighted by Crippen LogP contribution is 2.28. The molecule has 1 N–H and O–H groups in total. The summed E-state index contributed by atoms with van der Waals surface area (Å²) in [5, 5.41) is 1.04. The van der Waals surface area contributed by atoms with E-state index in [0.29, 0.717) is 0 Å². The van der Waals surface area contributed by atoms with Crippen LogP contribution >= 0.6 is 0 Å². The zero-order chi connectivity index (χ0) is 13.5. The molecular formula is C16H21NO. The molecule has 18 heavy (non-hydrogen) atoms. The molecule has 2 aromatic rings. The third kappa shape index (κ3) is 2.20. The van der Waals surface area contributed by atoms with E-state index in [1.54, 1.807) is 0 Å². The van der Waals surface area contributed by atoms with Crippen molar-refractivity contribution in [1.82, 2.24) is 4.98 Å². The Kier molecular flexibility index (Phi) is 3.05. The van der Waals surface area contributed by atoms with Crippen LogP contribution in [0.1, 0.15) is 50.5 Å². The number of carbonyl (C=O) groups is 1. The van der Waals surface area contributed by atoms with Crippen LogP contribution in [0.4, 0.5) is 0 Å². The van der Waals surface area contributed by atoms with E-state index in [-0.39, 0.29) is 17.1 Å². The Morgan fingerprint density at radius 1 is 1.22 bits per heavy atom. The second-order valence-electron chi connectivity index (χ2n) is 6.23. The van der Waals surface area contributed by atoms with Gasteiger partial charge in [-0.2, -0.15) is 0 Å². The fourth-order valence-electron chi connectivity index (χ4n) is 2.10. The number of hydrogen-bond donors (Lipinski definition) is 1. The number of benzene rings is 1. The average Bonchev–Trinajstić information content (AvgIpc) is 2.69. The quantitative estimate of drug-likeness (QED) is 0.783. The van der Waals surface area contributed by atoms with E-state index in [1.165, 1.54) is 5.56 Å². The number of H-pyrrole nitrogens is 1. The molecule has 1 heterocycles. The zero-order valence-electron chi connectivity index (χ0n) is 11.8. The molecule has 2 rings (SSSR count). The van der Waals surface area contributed by atoms with Crippen molar-refractivity contribution in [2.75, 3.05) is 0 Å². The van der Waals surface area contributed by atoms with Crippen LogP contribution in [0.25, 0.3) is 10.9 Å². The highest BCUT2D eigenvalue weighted by atomic mass is 16.1. The first-order valence-electron chi connectivity index (χ1n) is 6.46. The van der Waals surface area contributed by atoms with Crippen LogP contribution in [0.3, 0.4) is 0 Å². The number of Topliss-reactive ketones (excluding diaryl/α,β-unsaturated/α-hetero) is 1. The van der Waals surface area contributed by atoms with Gasteiger partial charge in [0.05, 0.1) is 0 Å². The number of rotatable bonds is 2. The largest absolute Gasteiger partial charge is 0.360 e. The minimum Gasteiger partial charge on any atom is -0.360 e. The fourth-order valence-corrected chi connectivity index (χ4v) is 2.10. The standard InChI is InChI=1S/C16H21NO/c1-10(2)15(18)13-9-17-14-7-6-11(8-12(13)14)16(3,4)5/h6-10,17H,1-5H3. The molecule has 1 aromatic carbocycles. The van der Waals surface area contributed by atoms with Crippen molar-refractivity contribution in [3.8, 4) is 0 Å². The Balaban J connectivity index is 2.60. The molecule has 0 atom stereocenters. The maximum Gasteiger partial charge on any atom is 0.167 e. The fraction of sp³-hybridized carbons (Fsp3) is 0.438. The first kappa shape index (κ1) is 12.9. The SMILES string of the molecule is CC(C)C(=O)c1c[nH]c2ccc(C(C)(C)C)cc12. The molecule has 0 fully saturated rings. The summed E-state index contributed by atoms with van der Waals surface area (Å²) in [4.78, 5) is 15.3. The zero-order valence-corrected chi connectivity index (χ0v) is 11.8. The van der Waals surface area contributed by atoms with Crippen molar-refractivity contribution in [2.45, 2.75) is 40.0 Å². The van der Waals surface area contributed by atoms with Gasteiger partial charge in [-0.25, -0.2) is 0 Å². The summed E-state index contributed by atoms with van der Waals surface area (Å²) in [6.07, 6.45) is 1.83. The molecule has 1 aromatic heterocycles. The Morgan fingerprint density at radius 2 is 1.89 bits per heavy atom. The molecule has 0 bridgehead atoms. The summed E-state index contributed by atoms with van der Waals surface area (Å²) in [6.45, 7) is 10.4. The van der Waals surface area contributed by atoms with Crippen LogP contribution in [0.2, 0.25) is 0 Å². The second-order valence-corrected chi connectivity index (χ2v) is 6.23. The van der Waals surface area contributed by atoms with Crippen LogP contribution in [-0.4, -0.2) is 10.8 Å². The summed E-state index contributed by atoms with van der Waals surface area (Å²) in [5.41, 5.74) is 3.20. The molecule has 0 saturated carbocycles. The van der Waals surface area contributed by atoms with Crippen molar-refractivity contribution >= 4 is 16.7 Å². The van der Waals surface area contributed by atoms with Gasteiger partial charge in [0.15, 0.2) is 5.78 Å². The highest BCUT2D eigenvalue weighted by molar-refractivity contribution is 6.08. The highest BCUT2D eigenvalue weighted by Gasteiger charge is 2.18. The van der Waals surface area contributed by atoms with Crippen LogP contribution in [-0.2, 0) is 5.41 Å². The van der Waals surface area contributed by atoms with E-state index in [0.717, 1.165) is 16.5 Å². The van der Waals surface area contributed by atoms with Gasteiger partial charge >= 0.3 is 0 Å². The van der Waals surface area contributed by atoms with Gasteiger partial charge in [-0.3, -0.25) is 4.79 Å². The lowest BCUT2D eigenvalue weighted by molar-refractivity contribution is 0.0941. The Bertz CT molecular complexity index is 585. The van der Waals surface area contributed by atoms with Crippen molar-refractivity contribution in [3.63, 3.8) is 0 Å². The van der Waals surface area contributed by atoms with Gasteiger partial charge in [0.1, 0.15) is 0 Å². The van der Waals surface area contributed by atoms with E-state index in [9.17, 15) is 4.79 Å². The minimum atomic E-state index is 0.0299. The summed E-state index contributed by atoms with van der Waals surface area (Å²) in [7, 11) is 0. The third-order valence-electron chi connectivity index (χ3n) is 3.34. The van der Waals surface area contributed by atoms with Crippen LogP contribution in [0, 0.1) is 5.92 Å². The van der Waals surface area contributed by atoms with Crippen molar-refractivity contribution in [1.29, 1.82) is 0 Å². The predicted molar refractivity (Wildman–Crippen MR) is 76.2 cm³/mol. The Labute approximate surface area is 108 Å². The molecule has 96 valence electrons. The van der Waals surface area contributed by atoms with Crippen LogP contribution in [0.15, 0.2) is 24.4 Å². The number of ketones is 1. The summed E-state index contributed by atoms with van der Waals surface area (Å²) >= 11 is 0. The number of nitrogens with one attached hydrogen (secondary N) is 1. The summed E-state index contributed by atoms with van der Waals surface area (Å²) in [6, 6.07) is 6.33. The smallest absolute Gasteiger partial charge is 0.167 e. The molecule has 0 spiro atoms. The maximum atomic E-state index is 12.2. The molecule has 0 aliphatic rings. The number of aromatic nitrogens is 1. The first-order valence-corrected chi connectivity index (χ1v) is 6.46. The van der Waals surface area contributed by atoms with E-state index in [1.807, 2.05) is 20.0 Å². The van der Waals surface area contributed by atoms with Gasteiger partial charge in [0.2, 0.25) is 0 Å². The van der Waals surface area contributed by atoms with Crippen LogP contribution in [0.5, 0.6) is 0 Å². The Morgan fingerprint density at radius 3 is 2.44 bits per heavy atom. The predicted octanol–water partition coefficient (Wildman–Crippen LogP) is 4.30. The van der Waals surface area contributed by atoms with Gasteiger partial charge in [0.25, 0.3) is 0 Å². The molecule has 0 radical (unpaired) electrons. The molecule has 0 amide bonds. The second kappa shape index (κ2) is 4.27. The number of hydrogen-bond acceptors (Lipinski definition) is 1. The topological polar surface area (TPSA) is 32.9 Å². The minimum absolute atomic E-state index is 0.0299. The maximum absolute atomic E-state index is 12.2. The molecule has 0 saturated heterocycles. The van der Waals surface area contributed by atoms with E-state index in [2.05, 4.69) is 44.0 Å². The number of aromatic amines is 1. The van der Waals surface area contributed by atoms with E-state index >= 15 is 0 Å². The monoisotopic (exact) mass is 243 g/mol. The van der Waals surface area contributed by atoms with Gasteiger partial charge < -0.3 is 4.98 Å². The van der Waals surface area contributed by atoms with Crippen molar-refractivity contribution < 1.29 is 4.79 Å². The normalized spacial score (nSPS) is 12.3. The van der Waals surface area contributed by atoms with Gasteiger partial charge in [-0.05, 0) is 23.1 Å². The van der Waals surface area contributed by atoms with Gasteiger partial charge in [-0.1, -0.05) is 40.7 Å². The lowest BCUT2D eigenvalue weighted by Gasteiger charge is -2.19. The van der Waals surface area contributed by atoms with E-state index in [4.69, 9.17) is 0 Å². The first-order chi connectivity index (χ1) is 8.30. The van der Waals surface area contributed by atoms with Crippen molar-refractivity contribution in [2.24, 2.45) is 5.92 Å². The summed E-state index contributed by atoms with van der Waals surface area (Å²) < 4.78 is 0.